The Hall–Kier alpha value is -2.27. The summed E-state index contributed by atoms with van der Waals surface area (Å²) in [6.07, 6.45) is 7.81. The van der Waals surface area contributed by atoms with Gasteiger partial charge in [-0.1, -0.05) is 43.2 Å². The monoisotopic (exact) mass is 337 g/mol. The van der Waals surface area contributed by atoms with Crippen LogP contribution in [-0.4, -0.2) is 38.5 Å². The number of aliphatic hydroxyl groups is 1. The lowest BCUT2D eigenvalue weighted by Crippen LogP contribution is -2.59. The molecule has 5 nitrogen and oxygen atoms in total. The standard InChI is InChI=1S/C20H23N3O2/c24-19(18-21-12-6-13-22-18)23-14-11-20(25,15-7-2-1-3-8-15)16-9-4-5-10-17(16)23/h1-3,6-8,12-13,16-17,25H,4-5,9-11,14H2/t16-,17+,20-/m1/s1. The van der Waals surface area contributed by atoms with Crippen LogP contribution in [0, 0.1) is 5.92 Å². The van der Waals surface area contributed by atoms with Gasteiger partial charge in [0, 0.05) is 30.9 Å². The molecule has 1 saturated heterocycles. The van der Waals surface area contributed by atoms with Gasteiger partial charge in [-0.15, -0.1) is 0 Å². The number of carbonyl (C=O) groups excluding carboxylic acids is 1. The van der Waals surface area contributed by atoms with Crippen LogP contribution in [0.5, 0.6) is 0 Å². The van der Waals surface area contributed by atoms with E-state index in [0.29, 0.717) is 13.0 Å². The molecule has 1 aliphatic carbocycles. The van der Waals surface area contributed by atoms with Crippen molar-refractivity contribution in [1.82, 2.24) is 14.9 Å². The number of rotatable bonds is 2. The Morgan fingerprint density at radius 2 is 1.80 bits per heavy atom. The number of aromatic nitrogens is 2. The van der Waals surface area contributed by atoms with Gasteiger partial charge < -0.3 is 10.0 Å². The highest BCUT2D eigenvalue weighted by atomic mass is 16.3. The first-order valence-electron chi connectivity index (χ1n) is 9.06. The van der Waals surface area contributed by atoms with Crippen molar-refractivity contribution < 1.29 is 9.90 Å². The highest BCUT2D eigenvalue weighted by molar-refractivity contribution is 5.90. The van der Waals surface area contributed by atoms with Gasteiger partial charge >= 0.3 is 0 Å². The molecule has 1 amide bonds. The first-order chi connectivity index (χ1) is 12.2. The van der Waals surface area contributed by atoms with Gasteiger partial charge in [-0.3, -0.25) is 4.79 Å². The zero-order valence-corrected chi connectivity index (χ0v) is 14.2. The number of fused-ring (bicyclic) bond motifs is 1. The smallest absolute Gasteiger partial charge is 0.291 e. The molecule has 5 heteroatoms. The normalized spacial score (nSPS) is 29.1. The van der Waals surface area contributed by atoms with Gasteiger partial charge in [-0.2, -0.15) is 0 Å². The third-order valence-electron chi connectivity index (χ3n) is 5.77. The number of likely N-dealkylation sites (tertiary alicyclic amines) is 1. The van der Waals surface area contributed by atoms with Crippen molar-refractivity contribution in [3.63, 3.8) is 0 Å². The highest BCUT2D eigenvalue weighted by Gasteiger charge is 2.50. The fourth-order valence-electron chi connectivity index (χ4n) is 4.56. The topological polar surface area (TPSA) is 66.3 Å². The summed E-state index contributed by atoms with van der Waals surface area (Å²) in [7, 11) is 0. The first-order valence-corrected chi connectivity index (χ1v) is 9.06. The SMILES string of the molecule is O=C(c1ncccn1)N1CC[C@@](O)(c2ccccc2)[C@@H]2CCCC[C@@H]21. The zero-order valence-electron chi connectivity index (χ0n) is 14.2. The number of carbonyl (C=O) groups is 1. The summed E-state index contributed by atoms with van der Waals surface area (Å²) in [6, 6.07) is 11.7. The fraction of sp³-hybridized carbons (Fsp3) is 0.450. The van der Waals surface area contributed by atoms with E-state index in [4.69, 9.17) is 0 Å². The summed E-state index contributed by atoms with van der Waals surface area (Å²) in [6.45, 7) is 0.531. The van der Waals surface area contributed by atoms with E-state index in [2.05, 4.69) is 9.97 Å². The molecule has 1 aromatic carbocycles. The molecule has 1 N–H and O–H groups in total. The van der Waals surface area contributed by atoms with Crippen LogP contribution in [0.1, 0.15) is 48.3 Å². The number of hydrogen-bond acceptors (Lipinski definition) is 4. The van der Waals surface area contributed by atoms with Crippen molar-refractivity contribution in [2.45, 2.75) is 43.7 Å². The molecule has 2 aromatic rings. The molecule has 1 aliphatic heterocycles. The maximum atomic E-state index is 12.9. The number of piperidine rings is 1. The zero-order chi connectivity index (χ0) is 17.3. The number of amides is 1. The van der Waals surface area contributed by atoms with Gasteiger partial charge in [0.15, 0.2) is 0 Å². The Labute approximate surface area is 147 Å². The molecule has 1 saturated carbocycles. The van der Waals surface area contributed by atoms with Crippen LogP contribution in [0.3, 0.4) is 0 Å². The molecule has 0 bridgehead atoms. The van der Waals surface area contributed by atoms with E-state index in [0.717, 1.165) is 31.2 Å². The van der Waals surface area contributed by atoms with Gasteiger partial charge in [-0.05, 0) is 30.9 Å². The molecule has 25 heavy (non-hydrogen) atoms. The molecule has 2 fully saturated rings. The third kappa shape index (κ3) is 2.82. The van der Waals surface area contributed by atoms with E-state index < -0.39 is 5.60 Å². The van der Waals surface area contributed by atoms with E-state index in [9.17, 15) is 9.90 Å². The van der Waals surface area contributed by atoms with E-state index in [1.165, 1.54) is 0 Å². The van der Waals surface area contributed by atoms with Crippen molar-refractivity contribution in [3.05, 3.63) is 60.2 Å². The van der Waals surface area contributed by atoms with E-state index in [1.807, 2.05) is 35.2 Å². The summed E-state index contributed by atoms with van der Waals surface area (Å²) in [5, 5.41) is 11.5. The van der Waals surface area contributed by atoms with Crippen molar-refractivity contribution in [1.29, 1.82) is 0 Å². The van der Waals surface area contributed by atoms with Crippen molar-refractivity contribution in [2.24, 2.45) is 5.92 Å². The number of nitrogens with zero attached hydrogens (tertiary/aromatic N) is 3. The molecule has 0 radical (unpaired) electrons. The molecule has 2 aliphatic rings. The molecule has 0 unspecified atom stereocenters. The Morgan fingerprint density at radius 1 is 1.08 bits per heavy atom. The molecule has 0 spiro atoms. The quantitative estimate of drug-likeness (QED) is 0.915. The second-order valence-electron chi connectivity index (χ2n) is 7.07. The Balaban J connectivity index is 1.66. The van der Waals surface area contributed by atoms with Crippen molar-refractivity contribution >= 4 is 5.91 Å². The minimum atomic E-state index is -0.860. The minimum absolute atomic E-state index is 0.0454. The van der Waals surface area contributed by atoms with Crippen LogP contribution >= 0.6 is 0 Å². The van der Waals surface area contributed by atoms with E-state index in [-0.39, 0.29) is 23.7 Å². The predicted molar refractivity (Wildman–Crippen MR) is 93.8 cm³/mol. The van der Waals surface area contributed by atoms with Crippen molar-refractivity contribution in [3.8, 4) is 0 Å². The van der Waals surface area contributed by atoms with Gasteiger partial charge in [0.2, 0.25) is 5.82 Å². The fourth-order valence-corrected chi connectivity index (χ4v) is 4.56. The Morgan fingerprint density at radius 3 is 2.56 bits per heavy atom. The van der Waals surface area contributed by atoms with Gasteiger partial charge in [-0.25, -0.2) is 9.97 Å². The van der Waals surface area contributed by atoms with E-state index in [1.54, 1.807) is 18.5 Å². The maximum Gasteiger partial charge on any atom is 0.291 e. The second-order valence-corrected chi connectivity index (χ2v) is 7.07. The largest absolute Gasteiger partial charge is 0.385 e. The lowest BCUT2D eigenvalue weighted by Gasteiger charge is -2.52. The average Bonchev–Trinajstić information content (AvgIpc) is 2.69. The van der Waals surface area contributed by atoms with Gasteiger partial charge in [0.1, 0.15) is 0 Å². The summed E-state index contributed by atoms with van der Waals surface area (Å²) in [4.78, 5) is 23.1. The lowest BCUT2D eigenvalue weighted by molar-refractivity contribution is -0.110. The number of hydrogen-bond donors (Lipinski definition) is 1. The van der Waals surface area contributed by atoms with Gasteiger partial charge in [0.05, 0.1) is 5.60 Å². The number of benzene rings is 1. The molecule has 1 aromatic heterocycles. The van der Waals surface area contributed by atoms with Crippen LogP contribution in [0.4, 0.5) is 0 Å². The summed E-state index contributed by atoms with van der Waals surface area (Å²) in [5.41, 5.74) is 0.107. The molecule has 2 heterocycles. The van der Waals surface area contributed by atoms with Crippen LogP contribution in [0.2, 0.25) is 0 Å². The van der Waals surface area contributed by atoms with Crippen LogP contribution in [0.15, 0.2) is 48.8 Å². The van der Waals surface area contributed by atoms with Crippen LogP contribution < -0.4 is 0 Å². The minimum Gasteiger partial charge on any atom is -0.385 e. The third-order valence-corrected chi connectivity index (χ3v) is 5.77. The average molecular weight is 337 g/mol. The maximum absolute atomic E-state index is 12.9. The molecular formula is C20H23N3O2. The summed E-state index contributed by atoms with van der Waals surface area (Å²) < 4.78 is 0. The second kappa shape index (κ2) is 6.56. The summed E-state index contributed by atoms with van der Waals surface area (Å²) >= 11 is 0. The van der Waals surface area contributed by atoms with Gasteiger partial charge in [0.25, 0.3) is 5.91 Å². The molecule has 130 valence electrons. The van der Waals surface area contributed by atoms with E-state index >= 15 is 0 Å². The molecule has 3 atom stereocenters. The Kier molecular flexibility index (Phi) is 4.25. The lowest BCUT2D eigenvalue weighted by atomic mass is 9.66. The Bertz CT molecular complexity index is 737. The summed E-state index contributed by atoms with van der Waals surface area (Å²) in [5.74, 6) is 0.189. The predicted octanol–water partition coefficient (Wildman–Crippen LogP) is 2.77. The van der Waals surface area contributed by atoms with Crippen molar-refractivity contribution in [2.75, 3.05) is 6.54 Å². The van der Waals surface area contributed by atoms with Crippen LogP contribution in [0.25, 0.3) is 0 Å². The first kappa shape index (κ1) is 16.2. The van der Waals surface area contributed by atoms with Crippen LogP contribution in [-0.2, 0) is 5.60 Å². The highest BCUT2D eigenvalue weighted by Crippen LogP contribution is 2.47. The molecule has 4 rings (SSSR count). The molecular weight excluding hydrogens is 314 g/mol.